The smallest absolute Gasteiger partial charge is 0.171 e. The lowest BCUT2D eigenvalue weighted by atomic mass is 10.3. The van der Waals surface area contributed by atoms with Crippen LogP contribution in [0.4, 0.5) is 5.82 Å². The third kappa shape index (κ3) is 1.59. The van der Waals surface area contributed by atoms with Gasteiger partial charge in [-0.1, -0.05) is 0 Å². The van der Waals surface area contributed by atoms with Gasteiger partial charge in [0.15, 0.2) is 5.82 Å². The number of aromatic nitrogens is 2. The summed E-state index contributed by atoms with van der Waals surface area (Å²) in [5.74, 6) is 6.62. The Labute approximate surface area is 85.8 Å². The Hall–Kier alpha value is -1.46. The van der Waals surface area contributed by atoms with E-state index in [1.807, 2.05) is 18.4 Å². The summed E-state index contributed by atoms with van der Waals surface area (Å²) in [4.78, 5) is 9.54. The zero-order chi connectivity index (χ0) is 9.97. The predicted octanol–water partition coefficient (Wildman–Crippen LogP) is 1.80. The summed E-state index contributed by atoms with van der Waals surface area (Å²) < 4.78 is 0. The highest BCUT2D eigenvalue weighted by Crippen LogP contribution is 2.26. The number of nitrogens with zero attached hydrogens (tertiary/aromatic N) is 2. The molecule has 2 aromatic heterocycles. The summed E-state index contributed by atoms with van der Waals surface area (Å²) in [5, 5.41) is 2.02. The molecule has 0 aliphatic rings. The number of thiophene rings is 1. The Morgan fingerprint density at radius 3 is 2.93 bits per heavy atom. The molecule has 0 spiro atoms. The molecule has 0 bridgehead atoms. The van der Waals surface area contributed by atoms with Crippen LogP contribution < -0.4 is 11.3 Å². The van der Waals surface area contributed by atoms with E-state index >= 15 is 0 Å². The Morgan fingerprint density at radius 1 is 1.43 bits per heavy atom. The lowest BCUT2D eigenvalue weighted by Crippen LogP contribution is -2.08. The fraction of sp³-hybridized carbons (Fsp3) is 0.111. The van der Waals surface area contributed by atoms with Crippen molar-refractivity contribution in [3.05, 3.63) is 29.3 Å². The molecule has 0 aliphatic carbocycles. The molecule has 0 amide bonds. The van der Waals surface area contributed by atoms with Crippen molar-refractivity contribution in [1.82, 2.24) is 9.97 Å². The van der Waals surface area contributed by atoms with Gasteiger partial charge in [0.1, 0.15) is 5.82 Å². The number of hydrogen-bond acceptors (Lipinski definition) is 5. The molecule has 2 heterocycles. The summed E-state index contributed by atoms with van der Waals surface area (Å²) >= 11 is 1.63. The summed E-state index contributed by atoms with van der Waals surface area (Å²) in [6.07, 6.45) is 1.69. The zero-order valence-corrected chi connectivity index (χ0v) is 8.51. The second-order valence-corrected chi connectivity index (χ2v) is 3.76. The third-order valence-corrected chi connectivity index (χ3v) is 2.88. The maximum absolute atomic E-state index is 5.27. The molecule has 2 aromatic rings. The molecule has 0 unspecified atom stereocenters. The molecular weight excluding hydrogens is 196 g/mol. The van der Waals surface area contributed by atoms with Gasteiger partial charge in [0, 0.05) is 12.3 Å². The van der Waals surface area contributed by atoms with Gasteiger partial charge in [0.2, 0.25) is 0 Å². The van der Waals surface area contributed by atoms with Gasteiger partial charge >= 0.3 is 0 Å². The van der Waals surface area contributed by atoms with Crippen molar-refractivity contribution in [3.63, 3.8) is 0 Å². The largest absolute Gasteiger partial charge is 0.308 e. The van der Waals surface area contributed by atoms with Crippen LogP contribution in [0.5, 0.6) is 0 Å². The van der Waals surface area contributed by atoms with Crippen molar-refractivity contribution in [2.45, 2.75) is 6.92 Å². The first-order valence-corrected chi connectivity index (χ1v) is 5.03. The normalized spacial score (nSPS) is 10.1. The number of hydrazine groups is 1. The molecule has 0 fully saturated rings. The molecule has 0 saturated heterocycles. The van der Waals surface area contributed by atoms with Crippen LogP contribution in [-0.4, -0.2) is 9.97 Å². The monoisotopic (exact) mass is 206 g/mol. The molecule has 3 N–H and O–H groups in total. The minimum atomic E-state index is 0.628. The topological polar surface area (TPSA) is 63.8 Å². The maximum Gasteiger partial charge on any atom is 0.171 e. The molecule has 4 nitrogen and oxygen atoms in total. The Balaban J connectivity index is 2.47. The third-order valence-electron chi connectivity index (χ3n) is 1.87. The van der Waals surface area contributed by atoms with Crippen molar-refractivity contribution in [2.75, 3.05) is 5.43 Å². The molecule has 0 radical (unpaired) electrons. The van der Waals surface area contributed by atoms with Crippen LogP contribution in [0.15, 0.2) is 23.7 Å². The van der Waals surface area contributed by atoms with E-state index in [1.54, 1.807) is 23.6 Å². The Kier molecular flexibility index (Phi) is 2.43. The maximum atomic E-state index is 5.27. The molecule has 72 valence electrons. The van der Waals surface area contributed by atoms with Gasteiger partial charge in [-0.25, -0.2) is 15.8 Å². The second kappa shape index (κ2) is 3.73. The van der Waals surface area contributed by atoms with Crippen molar-refractivity contribution >= 4 is 17.2 Å². The van der Waals surface area contributed by atoms with Gasteiger partial charge in [-0.2, -0.15) is 0 Å². The van der Waals surface area contributed by atoms with Crippen LogP contribution in [0.3, 0.4) is 0 Å². The first-order valence-electron chi connectivity index (χ1n) is 4.15. The molecule has 2 rings (SSSR count). The van der Waals surface area contributed by atoms with E-state index in [9.17, 15) is 0 Å². The van der Waals surface area contributed by atoms with Gasteiger partial charge in [-0.3, -0.25) is 0 Å². The van der Waals surface area contributed by atoms with Crippen molar-refractivity contribution in [2.24, 2.45) is 5.84 Å². The number of anilines is 1. The molecule has 0 aromatic carbocycles. The number of nitrogens with two attached hydrogens (primary N) is 1. The lowest BCUT2D eigenvalue weighted by Gasteiger charge is -2.01. The van der Waals surface area contributed by atoms with Gasteiger partial charge in [-0.15, -0.1) is 11.3 Å². The number of nitrogens with one attached hydrogen (secondary N) is 1. The van der Waals surface area contributed by atoms with E-state index in [4.69, 9.17) is 5.84 Å². The van der Waals surface area contributed by atoms with Crippen LogP contribution in [-0.2, 0) is 0 Å². The lowest BCUT2D eigenvalue weighted by molar-refractivity contribution is 1.15. The molecular formula is C9H10N4S. The van der Waals surface area contributed by atoms with E-state index in [0.717, 1.165) is 4.88 Å². The molecule has 14 heavy (non-hydrogen) atoms. The van der Waals surface area contributed by atoms with E-state index in [1.165, 1.54) is 5.56 Å². The predicted molar refractivity (Wildman–Crippen MR) is 57.9 cm³/mol. The molecule has 5 heteroatoms. The van der Waals surface area contributed by atoms with Crippen LogP contribution in [0.2, 0.25) is 0 Å². The molecule has 0 aliphatic heterocycles. The summed E-state index contributed by atoms with van der Waals surface area (Å²) in [6, 6.07) is 3.78. The van der Waals surface area contributed by atoms with Gasteiger partial charge < -0.3 is 5.43 Å². The van der Waals surface area contributed by atoms with Crippen LogP contribution in [0, 0.1) is 6.92 Å². The first-order chi connectivity index (χ1) is 6.81. The average Bonchev–Trinajstić information content (AvgIpc) is 2.65. The number of rotatable bonds is 2. The van der Waals surface area contributed by atoms with Crippen molar-refractivity contribution in [1.29, 1.82) is 0 Å². The SMILES string of the molecule is Cc1ccsc1-c1nccc(NN)n1. The van der Waals surface area contributed by atoms with E-state index < -0.39 is 0 Å². The quantitative estimate of drug-likeness (QED) is 0.581. The summed E-state index contributed by atoms with van der Waals surface area (Å²) in [5.41, 5.74) is 3.69. The average molecular weight is 206 g/mol. The van der Waals surface area contributed by atoms with Gasteiger partial charge in [0.25, 0.3) is 0 Å². The Bertz CT molecular complexity index is 438. The number of nitrogen functional groups attached to an aromatic ring is 1. The zero-order valence-electron chi connectivity index (χ0n) is 7.69. The van der Waals surface area contributed by atoms with Crippen LogP contribution in [0.25, 0.3) is 10.7 Å². The summed E-state index contributed by atoms with van der Waals surface area (Å²) in [7, 11) is 0. The minimum Gasteiger partial charge on any atom is -0.308 e. The Morgan fingerprint density at radius 2 is 2.29 bits per heavy atom. The minimum absolute atomic E-state index is 0.628. The van der Waals surface area contributed by atoms with Crippen molar-refractivity contribution < 1.29 is 0 Å². The molecule has 0 atom stereocenters. The highest BCUT2D eigenvalue weighted by Gasteiger charge is 2.06. The summed E-state index contributed by atoms with van der Waals surface area (Å²) in [6.45, 7) is 2.04. The standard InChI is InChI=1S/C9H10N4S/c1-6-3-5-14-8(6)9-11-4-2-7(12-9)13-10/h2-5H,10H2,1H3,(H,11,12,13). The van der Waals surface area contributed by atoms with E-state index in [2.05, 4.69) is 15.4 Å². The van der Waals surface area contributed by atoms with E-state index in [0.29, 0.717) is 11.6 Å². The first kappa shape index (κ1) is 9.11. The van der Waals surface area contributed by atoms with Gasteiger partial charge in [0.05, 0.1) is 4.88 Å². The second-order valence-electron chi connectivity index (χ2n) is 2.84. The van der Waals surface area contributed by atoms with Crippen LogP contribution >= 0.6 is 11.3 Å². The van der Waals surface area contributed by atoms with E-state index in [-0.39, 0.29) is 0 Å². The highest BCUT2D eigenvalue weighted by atomic mass is 32.1. The highest BCUT2D eigenvalue weighted by molar-refractivity contribution is 7.13. The number of aryl methyl sites for hydroxylation is 1. The van der Waals surface area contributed by atoms with Gasteiger partial charge in [-0.05, 0) is 23.9 Å². The van der Waals surface area contributed by atoms with Crippen molar-refractivity contribution in [3.8, 4) is 10.7 Å². The fourth-order valence-corrected chi connectivity index (χ4v) is 2.02. The molecule has 0 saturated carbocycles. The number of hydrogen-bond donors (Lipinski definition) is 2. The fourth-order valence-electron chi connectivity index (χ4n) is 1.15. The van der Waals surface area contributed by atoms with Crippen LogP contribution in [0.1, 0.15) is 5.56 Å².